The third-order valence-corrected chi connectivity index (χ3v) is 4.57. The number of aromatic amines is 1. The van der Waals surface area contributed by atoms with Crippen molar-refractivity contribution < 1.29 is 4.74 Å². The van der Waals surface area contributed by atoms with Crippen LogP contribution in [0.1, 0.15) is 30.1 Å². The van der Waals surface area contributed by atoms with Gasteiger partial charge in [0.1, 0.15) is 5.75 Å². The molecule has 25 heavy (non-hydrogen) atoms. The number of ether oxygens (including phenoxy) is 1. The molecule has 1 N–H and O–H groups in total. The molecule has 0 fully saturated rings. The lowest BCUT2D eigenvalue weighted by Gasteiger charge is -2.10. The Balaban J connectivity index is 1.83. The number of rotatable bonds is 7. The van der Waals surface area contributed by atoms with E-state index in [2.05, 4.69) is 35.2 Å². The van der Waals surface area contributed by atoms with E-state index in [1.54, 1.807) is 22.2 Å². The van der Waals surface area contributed by atoms with Crippen LogP contribution in [0.5, 0.6) is 5.75 Å². The first kappa shape index (κ1) is 17.6. The topological polar surface area (TPSA) is 55.2 Å². The molecule has 0 radical (unpaired) electrons. The predicted molar refractivity (Wildman–Crippen MR) is 104 cm³/mol. The Kier molecular flexibility index (Phi) is 5.78. The van der Waals surface area contributed by atoms with Crippen LogP contribution in [-0.4, -0.2) is 27.7 Å². The van der Waals surface area contributed by atoms with Gasteiger partial charge in [-0.1, -0.05) is 32.0 Å². The summed E-state index contributed by atoms with van der Waals surface area (Å²) >= 11 is 6.99. The van der Waals surface area contributed by atoms with Crippen LogP contribution in [0.3, 0.4) is 0 Å². The van der Waals surface area contributed by atoms with Crippen molar-refractivity contribution in [1.82, 2.24) is 14.9 Å². The van der Waals surface area contributed by atoms with Gasteiger partial charge in [0, 0.05) is 16.9 Å². The SMILES string of the molecule is CC(C)COc1ccccc1/C=N\n1c(Cc2cccs2)n[nH]c1=S. The van der Waals surface area contributed by atoms with Gasteiger partial charge in [-0.05, 0) is 41.7 Å². The molecular formula is C18H20N4OS2. The maximum absolute atomic E-state index is 5.87. The third kappa shape index (κ3) is 4.64. The molecule has 0 bridgehead atoms. The lowest BCUT2D eigenvalue weighted by Crippen LogP contribution is -2.06. The zero-order valence-corrected chi connectivity index (χ0v) is 15.8. The van der Waals surface area contributed by atoms with Crippen molar-refractivity contribution in [2.75, 3.05) is 6.61 Å². The number of para-hydroxylation sites is 1. The summed E-state index contributed by atoms with van der Waals surface area (Å²) in [5.74, 6) is 2.06. The standard InChI is InChI=1S/C18H20N4OS2/c1-13(2)12-23-16-8-4-3-6-14(16)11-19-22-17(20-21-18(22)24)10-15-7-5-9-25-15/h3-9,11,13H,10,12H2,1-2H3,(H,21,24)/b19-11-. The molecule has 3 aromatic rings. The molecule has 0 unspecified atom stereocenters. The van der Waals surface area contributed by atoms with Gasteiger partial charge in [-0.2, -0.15) is 14.9 Å². The summed E-state index contributed by atoms with van der Waals surface area (Å²) in [5.41, 5.74) is 0.910. The van der Waals surface area contributed by atoms with Gasteiger partial charge < -0.3 is 4.74 Å². The summed E-state index contributed by atoms with van der Waals surface area (Å²) in [7, 11) is 0. The highest BCUT2D eigenvalue weighted by molar-refractivity contribution is 7.71. The van der Waals surface area contributed by atoms with E-state index in [0.717, 1.165) is 17.1 Å². The molecule has 0 aliphatic rings. The van der Waals surface area contributed by atoms with Gasteiger partial charge >= 0.3 is 0 Å². The summed E-state index contributed by atoms with van der Waals surface area (Å²) < 4.78 is 8.00. The number of aromatic nitrogens is 3. The van der Waals surface area contributed by atoms with Crippen molar-refractivity contribution in [3.63, 3.8) is 0 Å². The molecule has 0 aliphatic carbocycles. The second-order valence-corrected chi connectivity index (χ2v) is 7.42. The first-order chi connectivity index (χ1) is 12.1. The zero-order chi connectivity index (χ0) is 17.6. The van der Waals surface area contributed by atoms with Gasteiger partial charge in [0.05, 0.1) is 12.8 Å². The van der Waals surface area contributed by atoms with Crippen molar-refractivity contribution in [2.24, 2.45) is 11.0 Å². The summed E-state index contributed by atoms with van der Waals surface area (Å²) in [4.78, 5) is 1.21. The Morgan fingerprint density at radius 1 is 1.32 bits per heavy atom. The molecule has 0 aliphatic heterocycles. The number of H-pyrrole nitrogens is 1. The number of hydrogen-bond acceptors (Lipinski definition) is 5. The molecular weight excluding hydrogens is 352 g/mol. The minimum atomic E-state index is 0.463. The molecule has 2 aromatic heterocycles. The molecule has 1 aromatic carbocycles. The van der Waals surface area contributed by atoms with E-state index >= 15 is 0 Å². The summed E-state index contributed by atoms with van der Waals surface area (Å²) in [6, 6.07) is 11.9. The largest absolute Gasteiger partial charge is 0.493 e. The first-order valence-electron chi connectivity index (χ1n) is 8.08. The minimum Gasteiger partial charge on any atom is -0.493 e. The van der Waals surface area contributed by atoms with E-state index in [0.29, 0.717) is 23.7 Å². The molecule has 0 atom stereocenters. The number of nitrogens with one attached hydrogen (secondary N) is 1. The van der Waals surface area contributed by atoms with Gasteiger partial charge in [-0.3, -0.25) is 5.10 Å². The van der Waals surface area contributed by atoms with Gasteiger partial charge in [-0.15, -0.1) is 11.3 Å². The lowest BCUT2D eigenvalue weighted by atomic mass is 10.2. The van der Waals surface area contributed by atoms with Gasteiger partial charge in [0.2, 0.25) is 4.77 Å². The Morgan fingerprint density at radius 2 is 2.16 bits per heavy atom. The highest BCUT2D eigenvalue weighted by atomic mass is 32.1. The fraction of sp³-hybridized carbons (Fsp3) is 0.278. The van der Waals surface area contributed by atoms with Gasteiger partial charge in [0.15, 0.2) is 5.82 Å². The van der Waals surface area contributed by atoms with E-state index in [1.807, 2.05) is 35.7 Å². The van der Waals surface area contributed by atoms with E-state index in [4.69, 9.17) is 17.0 Å². The molecule has 5 nitrogen and oxygen atoms in total. The Bertz CT molecular complexity index is 894. The van der Waals surface area contributed by atoms with E-state index < -0.39 is 0 Å². The number of thiophene rings is 1. The molecule has 7 heteroatoms. The summed E-state index contributed by atoms with van der Waals surface area (Å²) in [5, 5.41) is 13.7. The normalized spacial score (nSPS) is 11.5. The van der Waals surface area contributed by atoms with Crippen molar-refractivity contribution >= 4 is 29.8 Å². The van der Waals surface area contributed by atoms with Gasteiger partial charge in [-0.25, -0.2) is 0 Å². The predicted octanol–water partition coefficient (Wildman–Crippen LogP) is 4.51. The molecule has 0 spiro atoms. The van der Waals surface area contributed by atoms with Gasteiger partial charge in [0.25, 0.3) is 0 Å². The van der Waals surface area contributed by atoms with Crippen LogP contribution >= 0.6 is 23.6 Å². The number of nitrogens with zero attached hydrogens (tertiary/aromatic N) is 3. The summed E-state index contributed by atoms with van der Waals surface area (Å²) in [6.45, 7) is 4.91. The lowest BCUT2D eigenvalue weighted by molar-refractivity contribution is 0.270. The van der Waals surface area contributed by atoms with Crippen molar-refractivity contribution in [1.29, 1.82) is 0 Å². The fourth-order valence-corrected chi connectivity index (χ4v) is 3.12. The minimum absolute atomic E-state index is 0.463. The maximum Gasteiger partial charge on any atom is 0.216 e. The van der Waals surface area contributed by atoms with Crippen LogP contribution in [0.4, 0.5) is 0 Å². The van der Waals surface area contributed by atoms with E-state index in [9.17, 15) is 0 Å². The maximum atomic E-state index is 5.87. The first-order valence-corrected chi connectivity index (χ1v) is 9.37. The Morgan fingerprint density at radius 3 is 2.92 bits per heavy atom. The van der Waals surface area contributed by atoms with Crippen LogP contribution < -0.4 is 4.74 Å². The number of hydrogen-bond donors (Lipinski definition) is 1. The summed E-state index contributed by atoms with van der Waals surface area (Å²) in [6.07, 6.45) is 2.45. The molecule has 130 valence electrons. The highest BCUT2D eigenvalue weighted by Gasteiger charge is 2.08. The monoisotopic (exact) mass is 372 g/mol. The van der Waals surface area contributed by atoms with Crippen LogP contribution in [-0.2, 0) is 6.42 Å². The highest BCUT2D eigenvalue weighted by Crippen LogP contribution is 2.18. The zero-order valence-electron chi connectivity index (χ0n) is 14.2. The second kappa shape index (κ2) is 8.22. The van der Waals surface area contributed by atoms with Crippen LogP contribution in [0.15, 0.2) is 46.9 Å². The molecule has 2 heterocycles. The average molecular weight is 373 g/mol. The van der Waals surface area contributed by atoms with Crippen LogP contribution in [0.2, 0.25) is 0 Å². The van der Waals surface area contributed by atoms with Crippen molar-refractivity contribution in [3.05, 3.63) is 62.8 Å². The molecule has 0 saturated heterocycles. The fourth-order valence-electron chi connectivity index (χ4n) is 2.22. The van der Waals surface area contributed by atoms with E-state index in [-0.39, 0.29) is 0 Å². The van der Waals surface area contributed by atoms with Crippen LogP contribution in [0, 0.1) is 10.7 Å². The van der Waals surface area contributed by atoms with Crippen molar-refractivity contribution in [2.45, 2.75) is 20.3 Å². The average Bonchev–Trinajstić information content (AvgIpc) is 3.23. The quantitative estimate of drug-likeness (QED) is 0.490. The van der Waals surface area contributed by atoms with Crippen LogP contribution in [0.25, 0.3) is 0 Å². The second-order valence-electron chi connectivity index (χ2n) is 6.00. The molecule has 0 saturated carbocycles. The smallest absolute Gasteiger partial charge is 0.216 e. The van der Waals surface area contributed by atoms with Crippen molar-refractivity contribution in [3.8, 4) is 5.75 Å². The van der Waals surface area contributed by atoms with E-state index in [1.165, 1.54) is 4.88 Å². The Labute approximate surface area is 156 Å². The molecule has 3 rings (SSSR count). The molecule has 0 amide bonds. The third-order valence-electron chi connectivity index (χ3n) is 3.43. The number of benzene rings is 1. The Hall–Kier alpha value is -2.25.